The zero-order valence-corrected chi connectivity index (χ0v) is 12.7. The first kappa shape index (κ1) is 15.0. The molecule has 0 bridgehead atoms. The first-order chi connectivity index (χ1) is 9.99. The van der Waals surface area contributed by atoms with Crippen LogP contribution in [0.15, 0.2) is 30.3 Å². The molecule has 1 heterocycles. The lowest BCUT2D eigenvalue weighted by Crippen LogP contribution is -2.10. The van der Waals surface area contributed by atoms with E-state index in [2.05, 4.69) is 20.0 Å². The molecular weight excluding hydrogens is 266 g/mol. The van der Waals surface area contributed by atoms with Crippen molar-refractivity contribution >= 4 is 11.8 Å². The minimum atomic E-state index is -0.329. The Morgan fingerprint density at radius 1 is 1.19 bits per heavy atom. The summed E-state index contributed by atoms with van der Waals surface area (Å²) >= 11 is 0. The third-order valence-corrected chi connectivity index (χ3v) is 3.16. The predicted molar refractivity (Wildman–Crippen MR) is 81.3 cm³/mol. The number of benzene rings is 1. The number of carbonyl (C=O) groups excluding carboxylic acids is 1. The molecule has 21 heavy (non-hydrogen) atoms. The van der Waals surface area contributed by atoms with Crippen LogP contribution < -0.4 is 5.32 Å². The summed E-state index contributed by atoms with van der Waals surface area (Å²) in [5.74, 6) is 1.21. The molecule has 0 fully saturated rings. The van der Waals surface area contributed by atoms with Crippen LogP contribution in [0.4, 0.5) is 5.82 Å². The number of aromatic nitrogens is 2. The van der Waals surface area contributed by atoms with Crippen LogP contribution in [0, 0.1) is 13.8 Å². The normalized spacial score (nSPS) is 11.8. The standard InChI is InChI=1S/C16H19N3O2/c1-10-9-15(19-12(3)17-10)18-11(2)13-5-7-14(8-6-13)16(20)21-4/h5-9,11H,1-4H3,(H,17,18,19). The Labute approximate surface area is 124 Å². The van der Waals surface area contributed by atoms with Gasteiger partial charge in [-0.05, 0) is 38.5 Å². The molecule has 0 aliphatic heterocycles. The number of aryl methyl sites for hydroxylation is 2. The molecule has 0 aliphatic carbocycles. The topological polar surface area (TPSA) is 64.1 Å². The van der Waals surface area contributed by atoms with Gasteiger partial charge in [0.25, 0.3) is 0 Å². The molecule has 2 rings (SSSR count). The molecule has 0 radical (unpaired) electrons. The summed E-state index contributed by atoms with van der Waals surface area (Å²) in [6.07, 6.45) is 0. The van der Waals surface area contributed by atoms with Gasteiger partial charge in [0.2, 0.25) is 0 Å². The zero-order valence-electron chi connectivity index (χ0n) is 12.7. The third kappa shape index (κ3) is 3.78. The Morgan fingerprint density at radius 2 is 1.86 bits per heavy atom. The summed E-state index contributed by atoms with van der Waals surface area (Å²) in [7, 11) is 1.38. The summed E-state index contributed by atoms with van der Waals surface area (Å²) in [6, 6.07) is 9.32. The molecule has 5 heteroatoms. The van der Waals surface area contributed by atoms with Crippen LogP contribution in [-0.4, -0.2) is 23.0 Å². The van der Waals surface area contributed by atoms with Gasteiger partial charge in [0.05, 0.1) is 12.7 Å². The summed E-state index contributed by atoms with van der Waals surface area (Å²) < 4.78 is 4.69. The lowest BCUT2D eigenvalue weighted by atomic mass is 10.1. The first-order valence-electron chi connectivity index (χ1n) is 6.76. The average molecular weight is 285 g/mol. The smallest absolute Gasteiger partial charge is 0.337 e. The second-order valence-corrected chi connectivity index (χ2v) is 4.92. The highest BCUT2D eigenvalue weighted by Gasteiger charge is 2.09. The van der Waals surface area contributed by atoms with Gasteiger partial charge < -0.3 is 10.1 Å². The lowest BCUT2D eigenvalue weighted by Gasteiger charge is -2.16. The molecule has 1 atom stereocenters. The number of hydrogen-bond acceptors (Lipinski definition) is 5. The van der Waals surface area contributed by atoms with Gasteiger partial charge in [-0.15, -0.1) is 0 Å². The number of nitrogens with one attached hydrogen (secondary N) is 1. The molecule has 1 unspecified atom stereocenters. The van der Waals surface area contributed by atoms with Crippen molar-refractivity contribution in [2.24, 2.45) is 0 Å². The molecule has 1 aromatic carbocycles. The van der Waals surface area contributed by atoms with Gasteiger partial charge >= 0.3 is 5.97 Å². The fraction of sp³-hybridized carbons (Fsp3) is 0.312. The number of rotatable bonds is 4. The van der Waals surface area contributed by atoms with Crippen molar-refractivity contribution in [2.45, 2.75) is 26.8 Å². The molecule has 0 aliphatic rings. The predicted octanol–water partition coefficient (Wildman–Crippen LogP) is 3.05. The van der Waals surface area contributed by atoms with Gasteiger partial charge in [0.15, 0.2) is 0 Å². The molecule has 5 nitrogen and oxygen atoms in total. The van der Waals surface area contributed by atoms with E-state index in [1.807, 2.05) is 39.0 Å². The third-order valence-electron chi connectivity index (χ3n) is 3.16. The van der Waals surface area contributed by atoms with Gasteiger partial charge in [-0.1, -0.05) is 12.1 Å². The van der Waals surface area contributed by atoms with Crippen LogP contribution in [-0.2, 0) is 4.74 Å². The Morgan fingerprint density at radius 3 is 2.43 bits per heavy atom. The van der Waals surface area contributed by atoms with E-state index in [9.17, 15) is 4.79 Å². The van der Waals surface area contributed by atoms with E-state index in [0.29, 0.717) is 5.56 Å². The van der Waals surface area contributed by atoms with Crippen LogP contribution in [0.25, 0.3) is 0 Å². The Hall–Kier alpha value is -2.43. The fourth-order valence-electron chi connectivity index (χ4n) is 2.12. The van der Waals surface area contributed by atoms with Crippen molar-refractivity contribution in [2.75, 3.05) is 12.4 Å². The molecule has 2 aromatic rings. The molecule has 0 saturated carbocycles. The van der Waals surface area contributed by atoms with E-state index in [4.69, 9.17) is 0 Å². The van der Waals surface area contributed by atoms with E-state index < -0.39 is 0 Å². The van der Waals surface area contributed by atoms with Crippen molar-refractivity contribution in [1.29, 1.82) is 0 Å². The number of anilines is 1. The maximum atomic E-state index is 11.4. The number of esters is 1. The quantitative estimate of drug-likeness (QED) is 0.875. The maximum Gasteiger partial charge on any atom is 0.337 e. The first-order valence-corrected chi connectivity index (χ1v) is 6.76. The Bertz CT molecular complexity index is 618. The highest BCUT2D eigenvalue weighted by molar-refractivity contribution is 5.89. The highest BCUT2D eigenvalue weighted by atomic mass is 16.5. The molecule has 1 N–H and O–H groups in total. The average Bonchev–Trinajstić information content (AvgIpc) is 2.45. The van der Waals surface area contributed by atoms with Crippen molar-refractivity contribution in [1.82, 2.24) is 9.97 Å². The zero-order chi connectivity index (χ0) is 15.4. The van der Waals surface area contributed by atoms with Gasteiger partial charge in [0.1, 0.15) is 11.6 Å². The fourth-order valence-corrected chi connectivity index (χ4v) is 2.12. The second kappa shape index (κ2) is 6.35. The summed E-state index contributed by atoms with van der Waals surface area (Å²) in [5.41, 5.74) is 2.54. The van der Waals surface area contributed by atoms with Crippen molar-refractivity contribution < 1.29 is 9.53 Å². The molecule has 1 aromatic heterocycles. The van der Waals surface area contributed by atoms with Crippen LogP contribution in [0.2, 0.25) is 0 Å². The number of hydrogen-bond donors (Lipinski definition) is 1. The van der Waals surface area contributed by atoms with Gasteiger partial charge in [-0.25, -0.2) is 14.8 Å². The van der Waals surface area contributed by atoms with E-state index in [0.717, 1.165) is 22.9 Å². The molecular formula is C16H19N3O2. The van der Waals surface area contributed by atoms with Crippen LogP contribution >= 0.6 is 0 Å². The minimum absolute atomic E-state index is 0.0744. The SMILES string of the molecule is COC(=O)c1ccc(C(C)Nc2cc(C)nc(C)n2)cc1. The second-order valence-electron chi connectivity index (χ2n) is 4.92. The van der Waals surface area contributed by atoms with Gasteiger partial charge in [-0.3, -0.25) is 0 Å². The Balaban J connectivity index is 2.12. The van der Waals surface area contributed by atoms with Crippen LogP contribution in [0.3, 0.4) is 0 Å². The largest absolute Gasteiger partial charge is 0.465 e. The summed E-state index contributed by atoms with van der Waals surface area (Å²) in [4.78, 5) is 20.0. The van der Waals surface area contributed by atoms with E-state index >= 15 is 0 Å². The van der Waals surface area contributed by atoms with Crippen molar-refractivity contribution in [3.63, 3.8) is 0 Å². The van der Waals surface area contributed by atoms with Crippen molar-refractivity contribution in [3.05, 3.63) is 53.0 Å². The van der Waals surface area contributed by atoms with E-state index in [1.54, 1.807) is 12.1 Å². The van der Waals surface area contributed by atoms with Gasteiger partial charge in [-0.2, -0.15) is 0 Å². The minimum Gasteiger partial charge on any atom is -0.465 e. The highest BCUT2D eigenvalue weighted by Crippen LogP contribution is 2.19. The molecule has 110 valence electrons. The van der Waals surface area contributed by atoms with Crippen molar-refractivity contribution in [3.8, 4) is 0 Å². The van der Waals surface area contributed by atoms with E-state index in [1.165, 1.54) is 7.11 Å². The monoisotopic (exact) mass is 285 g/mol. The molecule has 0 spiro atoms. The molecule has 0 amide bonds. The van der Waals surface area contributed by atoms with Crippen LogP contribution in [0.1, 0.15) is 40.4 Å². The summed E-state index contributed by atoms with van der Waals surface area (Å²) in [5, 5.41) is 3.34. The molecule has 0 saturated heterocycles. The maximum absolute atomic E-state index is 11.4. The summed E-state index contributed by atoms with van der Waals surface area (Å²) in [6.45, 7) is 5.85. The lowest BCUT2D eigenvalue weighted by molar-refractivity contribution is 0.0600. The number of nitrogens with zero attached hydrogens (tertiary/aromatic N) is 2. The number of methoxy groups -OCH3 is 1. The van der Waals surface area contributed by atoms with Crippen LogP contribution in [0.5, 0.6) is 0 Å². The number of carbonyl (C=O) groups is 1. The number of ether oxygens (including phenoxy) is 1. The Kier molecular flexibility index (Phi) is 4.52. The van der Waals surface area contributed by atoms with Gasteiger partial charge in [0, 0.05) is 17.8 Å². The van der Waals surface area contributed by atoms with E-state index in [-0.39, 0.29) is 12.0 Å².